The van der Waals surface area contributed by atoms with Crippen LogP contribution in [0.2, 0.25) is 0 Å². The van der Waals surface area contributed by atoms with Gasteiger partial charge in [0.25, 0.3) is 0 Å². The highest BCUT2D eigenvalue weighted by Crippen LogP contribution is 2.30. The maximum atomic E-state index is 13.8. The van der Waals surface area contributed by atoms with Crippen LogP contribution in [0.3, 0.4) is 0 Å². The normalized spacial score (nSPS) is 28.0. The molecule has 0 bridgehead atoms. The lowest BCUT2D eigenvalue weighted by molar-refractivity contribution is 0.153. The lowest BCUT2D eigenvalue weighted by Gasteiger charge is -2.41. The zero-order chi connectivity index (χ0) is 13.9. The second-order valence-electron chi connectivity index (χ2n) is 5.97. The van der Waals surface area contributed by atoms with E-state index in [-0.39, 0.29) is 5.82 Å². The number of nitrogens with zero attached hydrogens (tertiary/aromatic N) is 2. The Balaban J connectivity index is 1.61. The quantitative estimate of drug-likeness (QED) is 0.918. The van der Waals surface area contributed by atoms with Gasteiger partial charge < -0.3 is 10.6 Å². The van der Waals surface area contributed by atoms with Crippen LogP contribution < -0.4 is 10.6 Å². The van der Waals surface area contributed by atoms with Crippen LogP contribution in [0.4, 0.5) is 10.1 Å². The summed E-state index contributed by atoms with van der Waals surface area (Å²) in [5.74, 6) is 0.552. The third-order valence-electron chi connectivity index (χ3n) is 4.90. The van der Waals surface area contributed by atoms with E-state index >= 15 is 0 Å². The van der Waals surface area contributed by atoms with Crippen LogP contribution in [0.1, 0.15) is 19.3 Å². The van der Waals surface area contributed by atoms with Crippen molar-refractivity contribution < 1.29 is 4.39 Å². The molecule has 0 aromatic heterocycles. The van der Waals surface area contributed by atoms with E-state index in [1.54, 1.807) is 12.1 Å². The van der Waals surface area contributed by atoms with Crippen molar-refractivity contribution in [3.05, 3.63) is 30.1 Å². The van der Waals surface area contributed by atoms with Crippen molar-refractivity contribution in [2.45, 2.75) is 25.3 Å². The van der Waals surface area contributed by atoms with Crippen molar-refractivity contribution in [2.75, 3.05) is 37.6 Å². The first kappa shape index (κ1) is 13.8. The van der Waals surface area contributed by atoms with E-state index in [0.29, 0.717) is 12.0 Å². The van der Waals surface area contributed by atoms with E-state index in [0.717, 1.165) is 38.4 Å². The lowest BCUT2D eigenvalue weighted by atomic mass is 10.0. The number of halogens is 1. The third kappa shape index (κ3) is 2.67. The molecule has 2 unspecified atom stereocenters. The summed E-state index contributed by atoms with van der Waals surface area (Å²) >= 11 is 0. The zero-order valence-electron chi connectivity index (χ0n) is 12.0. The average molecular weight is 277 g/mol. The molecule has 1 aromatic carbocycles. The van der Waals surface area contributed by atoms with Gasteiger partial charge in [0.05, 0.1) is 5.69 Å². The van der Waals surface area contributed by atoms with Crippen LogP contribution in [0.5, 0.6) is 0 Å². The first-order valence-electron chi connectivity index (χ1n) is 7.73. The van der Waals surface area contributed by atoms with Gasteiger partial charge in [-0.3, -0.25) is 4.90 Å². The highest BCUT2D eigenvalue weighted by Gasteiger charge is 2.33. The van der Waals surface area contributed by atoms with Crippen LogP contribution in [0.15, 0.2) is 24.3 Å². The predicted molar refractivity (Wildman–Crippen MR) is 80.4 cm³/mol. The van der Waals surface area contributed by atoms with Gasteiger partial charge in [-0.2, -0.15) is 0 Å². The van der Waals surface area contributed by atoms with E-state index in [1.807, 2.05) is 12.1 Å². The number of hydrogen-bond acceptors (Lipinski definition) is 3. The Morgan fingerprint density at radius 1 is 1.10 bits per heavy atom. The van der Waals surface area contributed by atoms with Crippen molar-refractivity contribution >= 4 is 5.69 Å². The van der Waals surface area contributed by atoms with Crippen molar-refractivity contribution in [1.82, 2.24) is 4.90 Å². The molecular formula is C16H24FN3. The molecule has 0 amide bonds. The summed E-state index contributed by atoms with van der Waals surface area (Å²) in [7, 11) is 0. The summed E-state index contributed by atoms with van der Waals surface area (Å²) in [6.45, 7) is 4.67. The molecule has 4 heteroatoms. The third-order valence-corrected chi connectivity index (χ3v) is 4.90. The van der Waals surface area contributed by atoms with Crippen LogP contribution in [0.25, 0.3) is 0 Å². The van der Waals surface area contributed by atoms with E-state index in [1.165, 1.54) is 19.3 Å². The van der Waals surface area contributed by atoms with Crippen molar-refractivity contribution in [2.24, 2.45) is 11.7 Å². The Labute approximate surface area is 120 Å². The molecule has 1 saturated heterocycles. The maximum Gasteiger partial charge on any atom is 0.146 e. The number of piperazine rings is 1. The monoisotopic (exact) mass is 277 g/mol. The molecule has 0 radical (unpaired) electrons. The van der Waals surface area contributed by atoms with Gasteiger partial charge in [0, 0.05) is 32.2 Å². The van der Waals surface area contributed by atoms with E-state index in [9.17, 15) is 4.39 Å². The Kier molecular flexibility index (Phi) is 4.22. The summed E-state index contributed by atoms with van der Waals surface area (Å²) in [6, 6.07) is 7.74. The van der Waals surface area contributed by atoms with Crippen LogP contribution in [-0.2, 0) is 0 Å². The molecule has 2 fully saturated rings. The van der Waals surface area contributed by atoms with E-state index in [2.05, 4.69) is 9.80 Å². The number of benzene rings is 1. The maximum absolute atomic E-state index is 13.8. The van der Waals surface area contributed by atoms with Crippen LogP contribution >= 0.6 is 0 Å². The standard InChI is InChI=1S/C16H24FN3/c17-14-5-1-2-6-16(14)20-10-8-19(9-11-20)15-7-3-4-13(15)12-18/h1-2,5-6,13,15H,3-4,7-12,18H2. The molecule has 3 nitrogen and oxygen atoms in total. The van der Waals surface area contributed by atoms with E-state index < -0.39 is 0 Å². The summed E-state index contributed by atoms with van der Waals surface area (Å²) in [4.78, 5) is 4.74. The molecule has 2 atom stereocenters. The van der Waals surface area contributed by atoms with Crippen LogP contribution in [-0.4, -0.2) is 43.7 Å². The summed E-state index contributed by atoms with van der Waals surface area (Å²) in [6.07, 6.45) is 3.86. The summed E-state index contributed by atoms with van der Waals surface area (Å²) in [5, 5.41) is 0. The molecule has 1 saturated carbocycles. The summed E-state index contributed by atoms with van der Waals surface area (Å²) in [5.41, 5.74) is 6.63. The first-order chi connectivity index (χ1) is 9.79. The Bertz CT molecular complexity index is 443. The van der Waals surface area contributed by atoms with Gasteiger partial charge in [-0.25, -0.2) is 4.39 Å². The fraction of sp³-hybridized carbons (Fsp3) is 0.625. The Hall–Kier alpha value is -1.13. The van der Waals surface area contributed by atoms with E-state index in [4.69, 9.17) is 5.73 Å². The second kappa shape index (κ2) is 6.10. The van der Waals surface area contributed by atoms with Crippen molar-refractivity contribution in [1.29, 1.82) is 0 Å². The smallest absolute Gasteiger partial charge is 0.146 e. The molecule has 0 spiro atoms. The minimum absolute atomic E-state index is 0.110. The number of hydrogen-bond donors (Lipinski definition) is 1. The molecule has 1 aromatic rings. The summed E-state index contributed by atoms with van der Waals surface area (Å²) < 4.78 is 13.8. The molecular weight excluding hydrogens is 253 g/mol. The average Bonchev–Trinajstić information content (AvgIpc) is 2.96. The van der Waals surface area contributed by atoms with Gasteiger partial charge in [0.15, 0.2) is 0 Å². The topological polar surface area (TPSA) is 32.5 Å². The van der Waals surface area contributed by atoms with Crippen molar-refractivity contribution in [3.8, 4) is 0 Å². The number of anilines is 1. The first-order valence-corrected chi connectivity index (χ1v) is 7.73. The molecule has 20 heavy (non-hydrogen) atoms. The highest BCUT2D eigenvalue weighted by atomic mass is 19.1. The van der Waals surface area contributed by atoms with Crippen molar-refractivity contribution in [3.63, 3.8) is 0 Å². The van der Waals surface area contributed by atoms with Gasteiger partial charge in [-0.15, -0.1) is 0 Å². The number of rotatable bonds is 3. The van der Waals surface area contributed by atoms with Gasteiger partial charge in [0.1, 0.15) is 5.82 Å². The highest BCUT2D eigenvalue weighted by molar-refractivity contribution is 5.48. The largest absolute Gasteiger partial charge is 0.367 e. The number of nitrogens with two attached hydrogens (primary N) is 1. The minimum Gasteiger partial charge on any atom is -0.367 e. The molecule has 1 heterocycles. The minimum atomic E-state index is -0.110. The SMILES string of the molecule is NCC1CCCC1N1CCN(c2ccccc2F)CC1. The van der Waals surface area contributed by atoms with Gasteiger partial charge in [-0.1, -0.05) is 18.6 Å². The molecule has 2 aliphatic rings. The second-order valence-corrected chi connectivity index (χ2v) is 5.97. The Morgan fingerprint density at radius 2 is 1.85 bits per heavy atom. The molecule has 3 rings (SSSR count). The Morgan fingerprint density at radius 3 is 2.55 bits per heavy atom. The van der Waals surface area contributed by atoms with Gasteiger partial charge >= 0.3 is 0 Å². The predicted octanol–water partition coefficient (Wildman–Crippen LogP) is 2.08. The molecule has 110 valence electrons. The molecule has 1 aliphatic heterocycles. The fourth-order valence-electron chi connectivity index (χ4n) is 3.78. The fourth-order valence-corrected chi connectivity index (χ4v) is 3.78. The molecule has 1 aliphatic carbocycles. The van der Waals surface area contributed by atoms with Crippen LogP contribution in [0, 0.1) is 11.7 Å². The molecule has 2 N–H and O–H groups in total. The zero-order valence-corrected chi connectivity index (χ0v) is 12.0. The number of para-hydroxylation sites is 1. The lowest BCUT2D eigenvalue weighted by Crippen LogP contribution is -2.52. The van der Waals surface area contributed by atoms with Gasteiger partial charge in [-0.05, 0) is 37.4 Å². The van der Waals surface area contributed by atoms with Gasteiger partial charge in [0.2, 0.25) is 0 Å².